The standard InChI is InChI=1S/C19H18F4N2O2/c20-15-3-1-2-13(10-15)11-18(26)24-16-12-14(19(21,22)23)4-5-17(16)25-6-8-27-9-7-25/h1-5,10,12H,6-9,11H2,(H,24,26). The third-order valence-electron chi connectivity index (χ3n) is 4.20. The van der Waals surface area contributed by atoms with Crippen molar-refractivity contribution < 1.29 is 27.1 Å². The van der Waals surface area contributed by atoms with Crippen LogP contribution in [0.25, 0.3) is 0 Å². The van der Waals surface area contributed by atoms with Crippen molar-refractivity contribution in [1.82, 2.24) is 0 Å². The van der Waals surface area contributed by atoms with Gasteiger partial charge in [0.05, 0.1) is 36.6 Å². The van der Waals surface area contributed by atoms with Crippen LogP contribution < -0.4 is 10.2 Å². The van der Waals surface area contributed by atoms with Crippen molar-refractivity contribution in [2.24, 2.45) is 0 Å². The van der Waals surface area contributed by atoms with Gasteiger partial charge in [-0.15, -0.1) is 0 Å². The zero-order valence-corrected chi connectivity index (χ0v) is 14.4. The number of halogens is 4. The van der Waals surface area contributed by atoms with Gasteiger partial charge in [0, 0.05) is 13.1 Å². The van der Waals surface area contributed by atoms with E-state index in [1.807, 2.05) is 4.90 Å². The summed E-state index contributed by atoms with van der Waals surface area (Å²) in [5.74, 6) is -0.997. The highest BCUT2D eigenvalue weighted by Gasteiger charge is 2.32. The highest BCUT2D eigenvalue weighted by molar-refractivity contribution is 5.95. The maximum absolute atomic E-state index is 13.3. The molecule has 1 aliphatic heterocycles. The van der Waals surface area contributed by atoms with Gasteiger partial charge in [0.15, 0.2) is 0 Å². The Labute approximate surface area is 153 Å². The maximum Gasteiger partial charge on any atom is 0.416 e. The van der Waals surface area contributed by atoms with E-state index in [9.17, 15) is 22.4 Å². The van der Waals surface area contributed by atoms with E-state index in [0.717, 1.165) is 12.1 Å². The number of nitrogens with zero attached hydrogens (tertiary/aromatic N) is 1. The van der Waals surface area contributed by atoms with Gasteiger partial charge in [0.2, 0.25) is 5.91 Å². The average Bonchev–Trinajstić information content (AvgIpc) is 2.61. The molecule has 1 amide bonds. The predicted octanol–water partition coefficient (Wildman–Crippen LogP) is 3.86. The Bertz CT molecular complexity index is 818. The molecule has 1 aliphatic rings. The minimum absolute atomic E-state index is 0.0770. The molecule has 4 nitrogen and oxygen atoms in total. The number of hydrogen-bond donors (Lipinski definition) is 1. The van der Waals surface area contributed by atoms with E-state index in [2.05, 4.69) is 5.32 Å². The van der Waals surface area contributed by atoms with Gasteiger partial charge >= 0.3 is 6.18 Å². The molecule has 27 heavy (non-hydrogen) atoms. The lowest BCUT2D eigenvalue weighted by Gasteiger charge is -2.31. The first kappa shape index (κ1) is 19.2. The number of morpholine rings is 1. The number of ether oxygens (including phenoxy) is 1. The van der Waals surface area contributed by atoms with Crippen LogP contribution in [-0.4, -0.2) is 32.2 Å². The SMILES string of the molecule is O=C(Cc1cccc(F)c1)Nc1cc(C(F)(F)F)ccc1N1CCOCC1. The molecule has 1 saturated heterocycles. The third kappa shape index (κ3) is 4.97. The van der Waals surface area contributed by atoms with Crippen molar-refractivity contribution in [2.75, 3.05) is 36.5 Å². The van der Waals surface area contributed by atoms with Crippen molar-refractivity contribution in [3.63, 3.8) is 0 Å². The molecular formula is C19H18F4N2O2. The van der Waals surface area contributed by atoms with Gasteiger partial charge < -0.3 is 15.0 Å². The van der Waals surface area contributed by atoms with Crippen LogP contribution in [-0.2, 0) is 22.1 Å². The summed E-state index contributed by atoms with van der Waals surface area (Å²) >= 11 is 0. The van der Waals surface area contributed by atoms with Crippen molar-refractivity contribution in [2.45, 2.75) is 12.6 Å². The van der Waals surface area contributed by atoms with E-state index in [-0.39, 0.29) is 12.1 Å². The van der Waals surface area contributed by atoms with Gasteiger partial charge in [0.1, 0.15) is 5.82 Å². The highest BCUT2D eigenvalue weighted by atomic mass is 19.4. The molecule has 1 N–H and O–H groups in total. The average molecular weight is 382 g/mol. The second-order valence-electron chi connectivity index (χ2n) is 6.18. The van der Waals surface area contributed by atoms with Crippen molar-refractivity contribution in [3.8, 4) is 0 Å². The fourth-order valence-electron chi connectivity index (χ4n) is 2.92. The maximum atomic E-state index is 13.3. The lowest BCUT2D eigenvalue weighted by Crippen LogP contribution is -2.37. The molecule has 8 heteroatoms. The molecule has 0 spiro atoms. The summed E-state index contributed by atoms with van der Waals surface area (Å²) in [6, 6.07) is 8.80. The summed E-state index contributed by atoms with van der Waals surface area (Å²) < 4.78 is 57.8. The van der Waals surface area contributed by atoms with Gasteiger partial charge in [0.25, 0.3) is 0 Å². The number of rotatable bonds is 4. The molecule has 0 aliphatic carbocycles. The molecule has 0 bridgehead atoms. The van der Waals surface area contributed by atoms with Gasteiger partial charge in [-0.1, -0.05) is 12.1 Å². The van der Waals surface area contributed by atoms with Gasteiger partial charge in [-0.25, -0.2) is 4.39 Å². The Morgan fingerprint density at radius 2 is 1.85 bits per heavy atom. The smallest absolute Gasteiger partial charge is 0.378 e. The molecule has 2 aromatic rings. The molecule has 2 aromatic carbocycles. The molecule has 0 atom stereocenters. The lowest BCUT2D eigenvalue weighted by molar-refractivity contribution is -0.137. The summed E-state index contributed by atoms with van der Waals surface area (Å²) in [4.78, 5) is 14.2. The van der Waals surface area contributed by atoms with Gasteiger partial charge in [-0.3, -0.25) is 4.79 Å². The van der Waals surface area contributed by atoms with Crippen LogP contribution in [0.4, 0.5) is 28.9 Å². The van der Waals surface area contributed by atoms with E-state index in [1.165, 1.54) is 24.3 Å². The minimum atomic E-state index is -4.52. The number of carbonyl (C=O) groups excluding carboxylic acids is 1. The Morgan fingerprint density at radius 3 is 2.52 bits per heavy atom. The lowest BCUT2D eigenvalue weighted by atomic mass is 10.1. The predicted molar refractivity (Wildman–Crippen MR) is 93.2 cm³/mol. The van der Waals surface area contributed by atoms with Crippen molar-refractivity contribution in [3.05, 3.63) is 59.4 Å². The highest BCUT2D eigenvalue weighted by Crippen LogP contribution is 2.35. The fraction of sp³-hybridized carbons (Fsp3) is 0.316. The van der Waals surface area contributed by atoms with Crippen LogP contribution in [0.15, 0.2) is 42.5 Å². The number of benzene rings is 2. The Morgan fingerprint density at radius 1 is 1.11 bits per heavy atom. The first-order valence-corrected chi connectivity index (χ1v) is 8.41. The minimum Gasteiger partial charge on any atom is -0.378 e. The normalized spacial score (nSPS) is 14.9. The van der Waals surface area contributed by atoms with E-state index < -0.39 is 23.5 Å². The molecule has 1 fully saturated rings. The molecule has 0 saturated carbocycles. The van der Waals surface area contributed by atoms with Crippen molar-refractivity contribution >= 4 is 17.3 Å². The number of anilines is 2. The van der Waals surface area contributed by atoms with Crippen LogP contribution in [0.1, 0.15) is 11.1 Å². The van der Waals surface area contributed by atoms with E-state index in [0.29, 0.717) is 37.6 Å². The zero-order valence-electron chi connectivity index (χ0n) is 14.4. The topological polar surface area (TPSA) is 41.6 Å². The van der Waals surface area contributed by atoms with Gasteiger partial charge in [-0.2, -0.15) is 13.2 Å². The molecule has 1 heterocycles. The van der Waals surface area contributed by atoms with Crippen LogP contribution >= 0.6 is 0 Å². The molecule has 3 rings (SSSR count). The summed E-state index contributed by atoms with van der Waals surface area (Å²) in [5.41, 5.74) is 0.167. The summed E-state index contributed by atoms with van der Waals surface area (Å²) in [5, 5.41) is 2.54. The van der Waals surface area contributed by atoms with E-state index >= 15 is 0 Å². The summed E-state index contributed by atoms with van der Waals surface area (Å²) in [6.45, 7) is 1.94. The van der Waals surface area contributed by atoms with Crippen LogP contribution in [0.3, 0.4) is 0 Å². The first-order chi connectivity index (χ1) is 12.8. The number of amides is 1. The van der Waals surface area contributed by atoms with Gasteiger partial charge in [-0.05, 0) is 35.9 Å². The molecular weight excluding hydrogens is 364 g/mol. The van der Waals surface area contributed by atoms with E-state index in [4.69, 9.17) is 4.74 Å². The molecule has 0 radical (unpaired) electrons. The first-order valence-electron chi connectivity index (χ1n) is 8.41. The third-order valence-corrected chi connectivity index (χ3v) is 4.20. The zero-order chi connectivity index (χ0) is 19.4. The summed E-state index contributed by atoms with van der Waals surface area (Å²) in [7, 11) is 0. The van der Waals surface area contributed by atoms with Crippen LogP contribution in [0.2, 0.25) is 0 Å². The molecule has 0 unspecified atom stereocenters. The number of carbonyl (C=O) groups is 1. The fourth-order valence-corrected chi connectivity index (χ4v) is 2.92. The van der Waals surface area contributed by atoms with Crippen LogP contribution in [0, 0.1) is 5.82 Å². The Kier molecular flexibility index (Phi) is 5.65. The van der Waals surface area contributed by atoms with Crippen LogP contribution in [0.5, 0.6) is 0 Å². The second kappa shape index (κ2) is 7.96. The Hall–Kier alpha value is -2.61. The molecule has 144 valence electrons. The number of hydrogen-bond acceptors (Lipinski definition) is 3. The Balaban J connectivity index is 1.85. The largest absolute Gasteiger partial charge is 0.416 e. The second-order valence-corrected chi connectivity index (χ2v) is 6.18. The number of alkyl halides is 3. The quantitative estimate of drug-likeness (QED) is 0.817. The monoisotopic (exact) mass is 382 g/mol. The summed E-state index contributed by atoms with van der Waals surface area (Å²) in [6.07, 6.45) is -4.66. The molecule has 0 aromatic heterocycles. The van der Waals surface area contributed by atoms with E-state index in [1.54, 1.807) is 6.07 Å². The van der Waals surface area contributed by atoms with Crippen molar-refractivity contribution in [1.29, 1.82) is 0 Å². The number of nitrogens with one attached hydrogen (secondary N) is 1.